The lowest BCUT2D eigenvalue weighted by molar-refractivity contribution is 0.118. The minimum Gasteiger partial charge on any atom is -0.382 e. The Morgan fingerprint density at radius 3 is 3.18 bits per heavy atom. The van der Waals surface area contributed by atoms with E-state index in [4.69, 9.17) is 4.74 Å². The Morgan fingerprint density at radius 2 is 2.55 bits per heavy atom. The molecule has 3 heteroatoms. The highest BCUT2D eigenvalue weighted by molar-refractivity contribution is 5.52. The van der Waals surface area contributed by atoms with Gasteiger partial charge in [0.1, 0.15) is 0 Å². The summed E-state index contributed by atoms with van der Waals surface area (Å²) in [6.07, 6.45) is 4.30. The lowest BCUT2D eigenvalue weighted by Crippen LogP contribution is -2.28. The first kappa shape index (κ1) is 8.53. The highest BCUT2D eigenvalue weighted by Gasteiger charge is 2.21. The Kier molecular flexibility index (Phi) is 3.36. The van der Waals surface area contributed by atoms with E-state index in [1.165, 1.54) is 12.8 Å². The van der Waals surface area contributed by atoms with E-state index in [1.54, 1.807) is 7.11 Å². The van der Waals surface area contributed by atoms with Gasteiger partial charge in [-0.15, -0.1) is 0 Å². The zero-order valence-corrected chi connectivity index (χ0v) is 7.29. The van der Waals surface area contributed by atoms with E-state index < -0.39 is 0 Å². The molecule has 0 amide bonds. The SMILES string of the molecule is CC=NN1CCC[C@H]1COC. The lowest BCUT2D eigenvalue weighted by Gasteiger charge is -2.19. The topological polar surface area (TPSA) is 24.8 Å². The molecule has 1 rings (SSSR count). The van der Waals surface area contributed by atoms with Crippen LogP contribution < -0.4 is 0 Å². The third kappa shape index (κ3) is 2.19. The number of hydrazone groups is 1. The van der Waals surface area contributed by atoms with Crippen molar-refractivity contribution in [1.29, 1.82) is 0 Å². The van der Waals surface area contributed by atoms with E-state index in [0.717, 1.165) is 13.2 Å². The van der Waals surface area contributed by atoms with Crippen LogP contribution in [-0.4, -0.2) is 37.5 Å². The zero-order chi connectivity index (χ0) is 8.10. The van der Waals surface area contributed by atoms with E-state index in [9.17, 15) is 0 Å². The van der Waals surface area contributed by atoms with Crippen molar-refractivity contribution in [3.05, 3.63) is 0 Å². The summed E-state index contributed by atoms with van der Waals surface area (Å²) < 4.78 is 5.09. The predicted molar refractivity (Wildman–Crippen MR) is 45.8 cm³/mol. The van der Waals surface area contributed by atoms with Crippen molar-refractivity contribution in [2.45, 2.75) is 25.8 Å². The number of ether oxygens (including phenoxy) is 1. The van der Waals surface area contributed by atoms with Crippen LogP contribution in [0.4, 0.5) is 0 Å². The van der Waals surface area contributed by atoms with Gasteiger partial charge in [0.05, 0.1) is 12.6 Å². The molecular weight excluding hydrogens is 140 g/mol. The zero-order valence-electron chi connectivity index (χ0n) is 7.29. The smallest absolute Gasteiger partial charge is 0.0704 e. The van der Waals surface area contributed by atoms with Crippen LogP contribution in [-0.2, 0) is 4.74 Å². The number of hydrogen-bond donors (Lipinski definition) is 0. The fourth-order valence-electron chi connectivity index (χ4n) is 1.48. The Bertz CT molecular complexity index is 136. The number of hydrogen-bond acceptors (Lipinski definition) is 3. The molecule has 64 valence electrons. The van der Waals surface area contributed by atoms with Gasteiger partial charge in [0.15, 0.2) is 0 Å². The van der Waals surface area contributed by atoms with Crippen molar-refractivity contribution >= 4 is 6.21 Å². The fraction of sp³-hybridized carbons (Fsp3) is 0.875. The molecule has 0 radical (unpaired) electrons. The van der Waals surface area contributed by atoms with Gasteiger partial charge in [0.25, 0.3) is 0 Å². The molecule has 0 bridgehead atoms. The van der Waals surface area contributed by atoms with E-state index in [1.807, 2.05) is 13.1 Å². The van der Waals surface area contributed by atoms with Gasteiger partial charge in [0, 0.05) is 19.9 Å². The summed E-state index contributed by atoms with van der Waals surface area (Å²) in [5.74, 6) is 0. The molecule has 0 aromatic carbocycles. The maximum absolute atomic E-state index is 5.09. The third-order valence-corrected chi connectivity index (χ3v) is 1.97. The Morgan fingerprint density at radius 1 is 1.73 bits per heavy atom. The van der Waals surface area contributed by atoms with Crippen LogP contribution in [0.15, 0.2) is 5.10 Å². The summed E-state index contributed by atoms with van der Waals surface area (Å²) >= 11 is 0. The summed E-state index contributed by atoms with van der Waals surface area (Å²) in [4.78, 5) is 0. The normalized spacial score (nSPS) is 25.3. The molecule has 1 fully saturated rings. The number of methoxy groups -OCH3 is 1. The van der Waals surface area contributed by atoms with Gasteiger partial charge >= 0.3 is 0 Å². The Balaban J connectivity index is 2.37. The highest BCUT2D eigenvalue weighted by atomic mass is 16.5. The maximum Gasteiger partial charge on any atom is 0.0704 e. The molecule has 0 N–H and O–H groups in total. The van der Waals surface area contributed by atoms with Gasteiger partial charge in [-0.3, -0.25) is 5.01 Å². The first-order chi connectivity index (χ1) is 5.38. The van der Waals surface area contributed by atoms with Crippen molar-refractivity contribution < 1.29 is 4.74 Å². The van der Waals surface area contributed by atoms with Gasteiger partial charge in [-0.1, -0.05) is 0 Å². The first-order valence-corrected chi connectivity index (χ1v) is 4.12. The summed E-state index contributed by atoms with van der Waals surface area (Å²) in [7, 11) is 1.74. The molecule has 0 aliphatic carbocycles. The molecule has 0 aromatic heterocycles. The van der Waals surface area contributed by atoms with Crippen molar-refractivity contribution in [2.24, 2.45) is 5.10 Å². The molecule has 0 aromatic rings. The fourth-order valence-corrected chi connectivity index (χ4v) is 1.48. The Hall–Kier alpha value is -0.570. The van der Waals surface area contributed by atoms with Crippen LogP contribution in [0, 0.1) is 0 Å². The third-order valence-electron chi connectivity index (χ3n) is 1.97. The van der Waals surface area contributed by atoms with Crippen molar-refractivity contribution in [3.8, 4) is 0 Å². The van der Waals surface area contributed by atoms with Gasteiger partial charge in [0.2, 0.25) is 0 Å². The van der Waals surface area contributed by atoms with Crippen molar-refractivity contribution in [3.63, 3.8) is 0 Å². The maximum atomic E-state index is 5.09. The molecule has 1 heterocycles. The highest BCUT2D eigenvalue weighted by Crippen LogP contribution is 2.16. The molecular formula is C8H16N2O. The summed E-state index contributed by atoms with van der Waals surface area (Å²) in [6, 6.07) is 0.510. The average Bonchev–Trinajstić information content (AvgIpc) is 2.39. The van der Waals surface area contributed by atoms with Crippen LogP contribution in [0.1, 0.15) is 19.8 Å². The van der Waals surface area contributed by atoms with Crippen LogP contribution in [0.3, 0.4) is 0 Å². The first-order valence-electron chi connectivity index (χ1n) is 4.12. The molecule has 1 aliphatic rings. The minimum atomic E-state index is 0.510. The Labute approximate surface area is 68.0 Å². The monoisotopic (exact) mass is 156 g/mol. The van der Waals surface area contributed by atoms with E-state index in [-0.39, 0.29) is 0 Å². The summed E-state index contributed by atoms with van der Waals surface area (Å²) in [5.41, 5.74) is 0. The van der Waals surface area contributed by atoms with E-state index in [0.29, 0.717) is 6.04 Å². The van der Waals surface area contributed by atoms with Crippen molar-refractivity contribution in [2.75, 3.05) is 20.3 Å². The van der Waals surface area contributed by atoms with Gasteiger partial charge in [-0.25, -0.2) is 0 Å². The number of nitrogens with zero attached hydrogens (tertiary/aromatic N) is 2. The van der Waals surface area contributed by atoms with Crippen LogP contribution in [0.2, 0.25) is 0 Å². The van der Waals surface area contributed by atoms with Crippen LogP contribution in [0.25, 0.3) is 0 Å². The standard InChI is InChI=1S/C8H16N2O/c1-3-9-10-6-4-5-8(10)7-11-2/h3,8H,4-7H2,1-2H3/t8-/m0/s1. The second kappa shape index (κ2) is 4.34. The second-order valence-corrected chi connectivity index (χ2v) is 2.79. The molecule has 3 nitrogen and oxygen atoms in total. The lowest BCUT2D eigenvalue weighted by atomic mass is 10.2. The summed E-state index contributed by atoms with van der Waals surface area (Å²) in [6.45, 7) is 3.83. The molecule has 1 atom stereocenters. The van der Waals surface area contributed by atoms with E-state index >= 15 is 0 Å². The minimum absolute atomic E-state index is 0.510. The molecule has 11 heavy (non-hydrogen) atoms. The van der Waals surface area contributed by atoms with Gasteiger partial charge in [-0.2, -0.15) is 5.10 Å². The molecule has 0 spiro atoms. The van der Waals surface area contributed by atoms with E-state index in [2.05, 4.69) is 10.1 Å². The molecule has 0 saturated carbocycles. The predicted octanol–water partition coefficient (Wildman–Crippen LogP) is 1.10. The van der Waals surface area contributed by atoms with Crippen LogP contribution >= 0.6 is 0 Å². The largest absolute Gasteiger partial charge is 0.382 e. The molecule has 0 unspecified atom stereocenters. The van der Waals surface area contributed by atoms with Crippen molar-refractivity contribution in [1.82, 2.24) is 5.01 Å². The quantitative estimate of drug-likeness (QED) is 0.572. The summed E-state index contributed by atoms with van der Waals surface area (Å²) in [5, 5.41) is 6.37. The van der Waals surface area contributed by atoms with Gasteiger partial charge < -0.3 is 4.74 Å². The van der Waals surface area contributed by atoms with Gasteiger partial charge in [-0.05, 0) is 19.8 Å². The second-order valence-electron chi connectivity index (χ2n) is 2.79. The number of rotatable bonds is 3. The molecule has 1 aliphatic heterocycles. The average molecular weight is 156 g/mol. The molecule has 1 saturated heterocycles. The van der Waals surface area contributed by atoms with Crippen LogP contribution in [0.5, 0.6) is 0 Å².